The van der Waals surface area contributed by atoms with E-state index in [2.05, 4.69) is 73.3 Å². The van der Waals surface area contributed by atoms with Crippen LogP contribution in [0, 0.1) is 20.8 Å². The third-order valence-electron chi connectivity index (χ3n) is 8.90. The molecule has 0 N–H and O–H groups in total. The third-order valence-corrected chi connectivity index (χ3v) is 8.90. The summed E-state index contributed by atoms with van der Waals surface area (Å²) in [6.45, 7) is 10.1. The van der Waals surface area contributed by atoms with Crippen molar-refractivity contribution in [2.24, 2.45) is 0 Å². The van der Waals surface area contributed by atoms with E-state index in [0.29, 0.717) is 50.1 Å². The van der Waals surface area contributed by atoms with Gasteiger partial charge in [-0.25, -0.2) is 0 Å². The van der Waals surface area contributed by atoms with Crippen molar-refractivity contribution in [1.29, 1.82) is 0 Å². The molecule has 0 fully saturated rings. The summed E-state index contributed by atoms with van der Waals surface area (Å²) in [5, 5.41) is 0.886. The van der Waals surface area contributed by atoms with Crippen molar-refractivity contribution in [3.63, 3.8) is 0 Å². The number of hydrogen-bond donors (Lipinski definition) is 0. The van der Waals surface area contributed by atoms with Gasteiger partial charge in [-0.05, 0) is 73.4 Å². The van der Waals surface area contributed by atoms with Gasteiger partial charge in [-0.1, -0.05) is 68.4 Å². The Morgan fingerprint density at radius 3 is 2.09 bits per heavy atom. The first-order valence-corrected chi connectivity index (χ1v) is 14.4. The van der Waals surface area contributed by atoms with Crippen molar-refractivity contribution >= 4 is 45.3 Å². The van der Waals surface area contributed by atoms with Crippen LogP contribution in [-0.2, 0) is 5.41 Å². The number of carbonyl (C=O) groups excluding carboxylic acids is 1. The Kier molecular flexibility index (Phi) is 6.03. The fourth-order valence-electron chi connectivity index (χ4n) is 6.53. The maximum atomic E-state index is 13.5. The predicted octanol–water partition coefficient (Wildman–Crippen LogP) is 9.59. The van der Waals surface area contributed by atoms with Crippen LogP contribution in [-0.4, -0.2) is 6.29 Å². The first-order valence-electron chi connectivity index (χ1n) is 14.4. The Morgan fingerprint density at radius 2 is 1.42 bits per heavy atom. The predicted molar refractivity (Wildman–Crippen MR) is 173 cm³/mol. The molecule has 0 atom stereocenters. The molecule has 43 heavy (non-hydrogen) atoms. The highest BCUT2D eigenvalue weighted by molar-refractivity contribution is 6.00. The molecule has 6 aromatic rings. The summed E-state index contributed by atoms with van der Waals surface area (Å²) in [4.78, 5) is 28.3. The zero-order chi connectivity index (χ0) is 30.0. The molecule has 0 bridgehead atoms. The van der Waals surface area contributed by atoms with Gasteiger partial charge in [-0.15, -0.1) is 0 Å². The Balaban J connectivity index is 1.42. The van der Waals surface area contributed by atoms with Crippen LogP contribution in [0.4, 0.5) is 17.1 Å². The molecule has 7 rings (SSSR count). The van der Waals surface area contributed by atoms with Crippen molar-refractivity contribution in [1.82, 2.24) is 0 Å². The fraction of sp³-hybridized carbons (Fsp3) is 0.158. The molecule has 5 aromatic carbocycles. The van der Waals surface area contributed by atoms with Crippen LogP contribution >= 0.6 is 0 Å². The zero-order valence-electron chi connectivity index (χ0n) is 24.8. The molecule has 212 valence electrons. The number of nitrogens with zero attached hydrogens (tertiary/aromatic N) is 1. The monoisotopic (exact) mass is 565 g/mol. The highest BCUT2D eigenvalue weighted by Gasteiger charge is 2.36. The van der Waals surface area contributed by atoms with E-state index in [4.69, 9.17) is 9.15 Å². The molecule has 0 saturated heterocycles. The molecule has 0 unspecified atom stereocenters. The fourth-order valence-corrected chi connectivity index (χ4v) is 6.53. The van der Waals surface area contributed by atoms with Crippen LogP contribution in [0.2, 0.25) is 0 Å². The molecule has 1 aliphatic heterocycles. The van der Waals surface area contributed by atoms with E-state index in [1.165, 1.54) is 11.1 Å². The van der Waals surface area contributed by atoms with Crippen molar-refractivity contribution < 1.29 is 13.9 Å². The minimum atomic E-state index is -0.166. The molecular weight excluding hydrogens is 534 g/mol. The molecule has 0 radical (unpaired) electrons. The average molecular weight is 566 g/mol. The molecule has 0 saturated carbocycles. The molecule has 0 aliphatic carbocycles. The average Bonchev–Trinajstić information content (AvgIpc) is 3.01. The van der Waals surface area contributed by atoms with E-state index in [0.717, 1.165) is 28.9 Å². The van der Waals surface area contributed by atoms with Gasteiger partial charge in [0.15, 0.2) is 6.29 Å². The van der Waals surface area contributed by atoms with Crippen LogP contribution in [0.15, 0.2) is 100 Å². The van der Waals surface area contributed by atoms with Gasteiger partial charge in [0.2, 0.25) is 5.43 Å². The largest absolute Gasteiger partial charge is 0.456 e. The maximum Gasteiger partial charge on any atom is 0.200 e. The first kappa shape index (κ1) is 26.7. The summed E-state index contributed by atoms with van der Waals surface area (Å²) >= 11 is 0. The van der Waals surface area contributed by atoms with E-state index in [1.54, 1.807) is 25.1 Å². The first-order chi connectivity index (χ1) is 20.7. The molecule has 5 heteroatoms. The summed E-state index contributed by atoms with van der Waals surface area (Å²) in [5.41, 5.74) is 8.64. The lowest BCUT2D eigenvalue weighted by molar-refractivity contribution is 0.112. The van der Waals surface area contributed by atoms with Crippen molar-refractivity contribution in [2.75, 3.05) is 4.90 Å². The van der Waals surface area contributed by atoms with Gasteiger partial charge >= 0.3 is 0 Å². The Morgan fingerprint density at radius 1 is 0.791 bits per heavy atom. The number of anilines is 3. The van der Waals surface area contributed by atoms with Crippen LogP contribution in [0.5, 0.6) is 11.5 Å². The third kappa shape index (κ3) is 3.92. The van der Waals surface area contributed by atoms with E-state index in [-0.39, 0.29) is 10.8 Å². The summed E-state index contributed by atoms with van der Waals surface area (Å²) in [7, 11) is 0. The van der Waals surface area contributed by atoms with Crippen LogP contribution in [0.3, 0.4) is 0 Å². The second kappa shape index (κ2) is 9.70. The number of para-hydroxylation sites is 3. The summed E-state index contributed by atoms with van der Waals surface area (Å²) in [5.74, 6) is 1.00. The second-order valence-corrected chi connectivity index (χ2v) is 11.8. The molecule has 1 aliphatic rings. The second-order valence-electron chi connectivity index (χ2n) is 11.8. The SMILES string of the molecule is Cc1ccc(N2c3ccccc3C(C)(C)c3ccccc32)cc1Oc1c(C=O)c(C)c2c(=O)c3ccccc3oc2c1C. The molecule has 1 aromatic heterocycles. The normalized spacial score (nSPS) is 13.6. The lowest BCUT2D eigenvalue weighted by Crippen LogP contribution is -2.30. The number of hydrogen-bond acceptors (Lipinski definition) is 5. The Hall–Kier alpha value is -5.16. The van der Waals surface area contributed by atoms with Gasteiger partial charge < -0.3 is 14.1 Å². The number of aryl methyl sites for hydroxylation is 3. The van der Waals surface area contributed by atoms with E-state index in [9.17, 15) is 9.59 Å². The lowest BCUT2D eigenvalue weighted by Gasteiger charge is -2.42. The summed E-state index contributed by atoms with van der Waals surface area (Å²) in [6, 6.07) is 30.3. The molecule has 2 heterocycles. The van der Waals surface area contributed by atoms with Crippen molar-refractivity contribution in [3.05, 3.63) is 135 Å². The molecule has 0 amide bonds. The van der Waals surface area contributed by atoms with Crippen molar-refractivity contribution in [3.8, 4) is 11.5 Å². The van der Waals surface area contributed by atoms with Crippen LogP contribution in [0.25, 0.3) is 21.9 Å². The summed E-state index contributed by atoms with van der Waals surface area (Å²) in [6.07, 6.45) is 0.768. The van der Waals surface area contributed by atoms with Gasteiger partial charge in [0.1, 0.15) is 22.7 Å². The van der Waals surface area contributed by atoms with Gasteiger partial charge in [0.25, 0.3) is 0 Å². The zero-order valence-corrected chi connectivity index (χ0v) is 24.8. The minimum Gasteiger partial charge on any atom is -0.456 e. The number of rotatable bonds is 4. The van der Waals surface area contributed by atoms with E-state index >= 15 is 0 Å². The van der Waals surface area contributed by atoms with E-state index in [1.807, 2.05) is 32.0 Å². The highest BCUT2D eigenvalue weighted by Crippen LogP contribution is 2.52. The minimum absolute atomic E-state index is 0.157. The van der Waals surface area contributed by atoms with Crippen LogP contribution in [0.1, 0.15) is 52.0 Å². The molecular formula is C38H31NO4. The smallest absolute Gasteiger partial charge is 0.200 e. The molecule has 0 spiro atoms. The van der Waals surface area contributed by atoms with Gasteiger partial charge in [-0.3, -0.25) is 9.59 Å². The maximum absolute atomic E-state index is 13.5. The van der Waals surface area contributed by atoms with Gasteiger partial charge in [-0.2, -0.15) is 0 Å². The quantitative estimate of drug-likeness (QED) is 0.157. The highest BCUT2D eigenvalue weighted by atomic mass is 16.5. The number of ether oxygens (including phenoxy) is 1. The lowest BCUT2D eigenvalue weighted by atomic mass is 9.73. The summed E-state index contributed by atoms with van der Waals surface area (Å²) < 4.78 is 12.9. The number of aldehydes is 1. The topological polar surface area (TPSA) is 59.8 Å². The standard InChI is InChI=1S/C38H31NO4/c1-22-18-19-25(39-30-15-9-7-13-28(30)38(4,5)29-14-8-10-16-31(29)39)20-33(22)43-36-24(3)37-34(23(2)27(36)21-40)35(41)26-12-6-11-17-32(26)42-37/h6-21H,1-5H3. The van der Waals surface area contributed by atoms with E-state index < -0.39 is 0 Å². The van der Waals surface area contributed by atoms with Gasteiger partial charge in [0.05, 0.1) is 27.7 Å². The number of carbonyl (C=O) groups is 1. The number of fused-ring (bicyclic) bond motifs is 4. The Bertz CT molecular complexity index is 2120. The Labute approximate surface area is 250 Å². The van der Waals surface area contributed by atoms with Gasteiger partial charge in [0, 0.05) is 22.7 Å². The number of benzene rings is 5. The van der Waals surface area contributed by atoms with Crippen LogP contribution < -0.4 is 15.1 Å². The molecule has 5 nitrogen and oxygen atoms in total. The van der Waals surface area contributed by atoms with Crippen molar-refractivity contribution in [2.45, 2.75) is 40.0 Å².